The molecule has 1 aliphatic carbocycles. The normalized spacial score (nSPS) is 11.8. The van der Waals surface area contributed by atoms with Gasteiger partial charge in [0.2, 0.25) is 0 Å². The van der Waals surface area contributed by atoms with Gasteiger partial charge in [0.05, 0.1) is 0 Å². The van der Waals surface area contributed by atoms with Gasteiger partial charge in [0.25, 0.3) is 0 Å². The summed E-state index contributed by atoms with van der Waals surface area (Å²) >= 11 is 0. The number of esters is 1. The summed E-state index contributed by atoms with van der Waals surface area (Å²) in [5.41, 5.74) is 6.49. The van der Waals surface area contributed by atoms with Crippen LogP contribution in [0, 0.1) is 0 Å². The molecule has 6 heteroatoms. The summed E-state index contributed by atoms with van der Waals surface area (Å²) in [6.07, 6.45) is -0.654. The molecule has 0 saturated heterocycles. The quantitative estimate of drug-likeness (QED) is 0.296. The maximum atomic E-state index is 12.2. The molecule has 1 amide bonds. The Bertz CT molecular complexity index is 1320. The fourth-order valence-electron chi connectivity index (χ4n) is 4.43. The highest BCUT2D eigenvalue weighted by Crippen LogP contribution is 2.44. The second-order valence-electron chi connectivity index (χ2n) is 8.76. The monoisotopic (exact) mass is 493 g/mol. The minimum absolute atomic E-state index is 0.0373. The second kappa shape index (κ2) is 11.4. The van der Waals surface area contributed by atoms with Gasteiger partial charge >= 0.3 is 12.1 Å². The first-order valence-corrected chi connectivity index (χ1v) is 12.2. The number of amides is 1. The Morgan fingerprint density at radius 1 is 0.649 bits per heavy atom. The summed E-state index contributed by atoms with van der Waals surface area (Å²) in [7, 11) is 0. The number of benzene rings is 4. The molecule has 4 aromatic rings. The van der Waals surface area contributed by atoms with E-state index in [-0.39, 0.29) is 25.7 Å². The number of carbonyl (C=O) groups excluding carboxylic acids is 2. The Labute approximate surface area is 215 Å². The minimum atomic E-state index is -0.654. The molecule has 1 N–H and O–H groups in total. The molecule has 0 fully saturated rings. The Balaban J connectivity index is 1.04. The van der Waals surface area contributed by atoms with Gasteiger partial charge in [0, 0.05) is 5.92 Å². The summed E-state index contributed by atoms with van der Waals surface area (Å²) in [5.74, 6) is 0.151. The third-order valence-electron chi connectivity index (χ3n) is 6.29. The Morgan fingerprint density at radius 2 is 1.24 bits per heavy atom. The Hall–Kier alpha value is -4.58. The second-order valence-corrected chi connectivity index (χ2v) is 8.76. The number of hydrogen-bond acceptors (Lipinski definition) is 5. The van der Waals surface area contributed by atoms with Crippen molar-refractivity contribution in [2.24, 2.45) is 0 Å². The largest absolute Gasteiger partial charge is 0.489 e. The van der Waals surface area contributed by atoms with Crippen LogP contribution in [0.1, 0.15) is 28.2 Å². The first-order chi connectivity index (χ1) is 18.2. The van der Waals surface area contributed by atoms with Gasteiger partial charge in [-0.15, -0.1) is 0 Å². The molecular weight excluding hydrogens is 466 g/mol. The van der Waals surface area contributed by atoms with Gasteiger partial charge in [0.1, 0.15) is 32.1 Å². The molecular formula is C31H27NO5. The molecule has 1 aliphatic rings. The Morgan fingerprint density at radius 3 is 1.92 bits per heavy atom. The lowest BCUT2D eigenvalue weighted by Gasteiger charge is -2.14. The van der Waals surface area contributed by atoms with E-state index in [0.717, 1.165) is 39.1 Å². The van der Waals surface area contributed by atoms with E-state index in [1.54, 1.807) is 0 Å². The van der Waals surface area contributed by atoms with Crippen LogP contribution < -0.4 is 10.1 Å². The molecule has 6 nitrogen and oxygen atoms in total. The minimum Gasteiger partial charge on any atom is -0.489 e. The zero-order chi connectivity index (χ0) is 25.5. The van der Waals surface area contributed by atoms with E-state index in [1.807, 2.05) is 78.9 Å². The molecule has 0 atom stereocenters. The van der Waals surface area contributed by atoms with Crippen molar-refractivity contribution >= 4 is 12.1 Å². The van der Waals surface area contributed by atoms with Gasteiger partial charge in [-0.25, -0.2) is 4.79 Å². The van der Waals surface area contributed by atoms with Crippen LogP contribution in [0.4, 0.5) is 4.79 Å². The summed E-state index contributed by atoms with van der Waals surface area (Å²) < 4.78 is 16.5. The topological polar surface area (TPSA) is 73.9 Å². The van der Waals surface area contributed by atoms with Crippen molar-refractivity contribution < 1.29 is 23.8 Å². The van der Waals surface area contributed by atoms with Crippen molar-refractivity contribution in [1.29, 1.82) is 0 Å². The third kappa shape index (κ3) is 5.98. The van der Waals surface area contributed by atoms with Crippen LogP contribution >= 0.6 is 0 Å². The maximum Gasteiger partial charge on any atom is 0.407 e. The zero-order valence-electron chi connectivity index (χ0n) is 20.3. The van der Waals surface area contributed by atoms with Crippen molar-refractivity contribution in [3.63, 3.8) is 0 Å². The SMILES string of the molecule is O=C(CNC(=O)OCC1c2ccccc2-c2ccccc21)OCc1ccc(OCc2ccccc2)cc1. The fraction of sp³-hybridized carbons (Fsp3) is 0.161. The molecule has 4 aromatic carbocycles. The lowest BCUT2D eigenvalue weighted by Crippen LogP contribution is -2.32. The van der Waals surface area contributed by atoms with Gasteiger partial charge in [-0.05, 0) is 45.5 Å². The number of ether oxygens (including phenoxy) is 3. The molecule has 0 spiro atoms. The number of rotatable bonds is 9. The first kappa shape index (κ1) is 24.1. The van der Waals surface area contributed by atoms with Crippen LogP contribution in [-0.2, 0) is 27.5 Å². The molecule has 0 saturated carbocycles. The van der Waals surface area contributed by atoms with Gasteiger partial charge in [-0.3, -0.25) is 4.79 Å². The first-order valence-electron chi connectivity index (χ1n) is 12.2. The van der Waals surface area contributed by atoms with Crippen molar-refractivity contribution in [1.82, 2.24) is 5.32 Å². The van der Waals surface area contributed by atoms with E-state index in [4.69, 9.17) is 14.2 Å². The third-order valence-corrected chi connectivity index (χ3v) is 6.29. The van der Waals surface area contributed by atoms with Crippen LogP contribution in [0.3, 0.4) is 0 Å². The van der Waals surface area contributed by atoms with E-state index in [0.29, 0.717) is 6.61 Å². The Kier molecular flexibility index (Phi) is 7.46. The smallest absolute Gasteiger partial charge is 0.407 e. The van der Waals surface area contributed by atoms with Gasteiger partial charge in [0.15, 0.2) is 0 Å². The van der Waals surface area contributed by atoms with E-state index in [1.165, 1.54) is 0 Å². The number of carbonyl (C=O) groups is 2. The summed E-state index contributed by atoms with van der Waals surface area (Å²) in [6, 6.07) is 33.5. The van der Waals surface area contributed by atoms with Crippen molar-refractivity contribution in [3.8, 4) is 16.9 Å². The van der Waals surface area contributed by atoms with Crippen LogP contribution in [0.15, 0.2) is 103 Å². The van der Waals surface area contributed by atoms with E-state index in [2.05, 4.69) is 29.6 Å². The predicted octanol–water partition coefficient (Wildman–Crippen LogP) is 5.85. The van der Waals surface area contributed by atoms with Crippen LogP contribution in [0.2, 0.25) is 0 Å². The molecule has 0 unspecified atom stereocenters. The highest BCUT2D eigenvalue weighted by molar-refractivity contribution is 5.80. The average Bonchev–Trinajstić information content (AvgIpc) is 3.27. The van der Waals surface area contributed by atoms with Crippen molar-refractivity contribution in [3.05, 3.63) is 125 Å². The van der Waals surface area contributed by atoms with E-state index >= 15 is 0 Å². The highest BCUT2D eigenvalue weighted by Gasteiger charge is 2.29. The zero-order valence-corrected chi connectivity index (χ0v) is 20.3. The predicted molar refractivity (Wildman–Crippen MR) is 140 cm³/mol. The van der Waals surface area contributed by atoms with Crippen LogP contribution in [0.25, 0.3) is 11.1 Å². The summed E-state index contributed by atoms with van der Waals surface area (Å²) in [5, 5.41) is 2.48. The van der Waals surface area contributed by atoms with Crippen molar-refractivity contribution in [2.45, 2.75) is 19.1 Å². The number of hydrogen-bond donors (Lipinski definition) is 1. The number of nitrogens with one attached hydrogen (secondary N) is 1. The lowest BCUT2D eigenvalue weighted by atomic mass is 9.98. The molecule has 186 valence electrons. The molecule has 0 aromatic heterocycles. The molecule has 0 heterocycles. The van der Waals surface area contributed by atoms with Crippen molar-refractivity contribution in [2.75, 3.05) is 13.2 Å². The standard InChI is InChI=1S/C31H27NO5/c33-30(36-20-23-14-16-24(17-15-23)35-19-22-8-2-1-3-9-22)18-32-31(34)37-21-29-27-12-6-4-10-25(27)26-11-5-7-13-28(26)29/h1-17,29H,18-21H2,(H,32,34). The summed E-state index contributed by atoms with van der Waals surface area (Å²) in [6.45, 7) is 0.503. The van der Waals surface area contributed by atoms with E-state index < -0.39 is 12.1 Å². The average molecular weight is 494 g/mol. The van der Waals surface area contributed by atoms with Gasteiger partial charge in [-0.1, -0.05) is 91.0 Å². The lowest BCUT2D eigenvalue weighted by molar-refractivity contribution is -0.143. The van der Waals surface area contributed by atoms with Gasteiger partial charge < -0.3 is 19.5 Å². The molecule has 37 heavy (non-hydrogen) atoms. The maximum absolute atomic E-state index is 12.2. The fourth-order valence-corrected chi connectivity index (χ4v) is 4.43. The van der Waals surface area contributed by atoms with Gasteiger partial charge in [-0.2, -0.15) is 0 Å². The van der Waals surface area contributed by atoms with E-state index in [9.17, 15) is 9.59 Å². The van der Waals surface area contributed by atoms with Crippen LogP contribution in [-0.4, -0.2) is 25.2 Å². The molecule has 0 radical (unpaired) electrons. The summed E-state index contributed by atoms with van der Waals surface area (Å²) in [4.78, 5) is 24.4. The molecule has 5 rings (SSSR count). The molecule has 0 bridgehead atoms. The number of fused-ring (bicyclic) bond motifs is 3. The highest BCUT2D eigenvalue weighted by atomic mass is 16.6. The number of alkyl carbamates (subject to hydrolysis) is 1. The molecule has 0 aliphatic heterocycles. The van der Waals surface area contributed by atoms with Crippen LogP contribution in [0.5, 0.6) is 5.75 Å².